The molecule has 1 aliphatic carbocycles. The van der Waals surface area contributed by atoms with Gasteiger partial charge in [0.25, 0.3) is 0 Å². The first-order valence-electron chi connectivity index (χ1n) is 8.35. The van der Waals surface area contributed by atoms with E-state index in [9.17, 15) is 4.79 Å². The highest BCUT2D eigenvalue weighted by molar-refractivity contribution is 6.30. The second-order valence-corrected chi connectivity index (χ2v) is 7.31. The molecule has 0 radical (unpaired) electrons. The maximum atomic E-state index is 12.2. The second kappa shape index (κ2) is 6.59. The van der Waals surface area contributed by atoms with Crippen LogP contribution >= 0.6 is 11.6 Å². The van der Waals surface area contributed by atoms with Crippen LogP contribution in [0.3, 0.4) is 0 Å². The maximum Gasteiger partial charge on any atom is 0.225 e. The lowest BCUT2D eigenvalue weighted by atomic mass is 9.92. The van der Waals surface area contributed by atoms with Crippen LogP contribution in [0.2, 0.25) is 5.02 Å². The zero-order valence-corrected chi connectivity index (χ0v) is 14.1. The summed E-state index contributed by atoms with van der Waals surface area (Å²) in [5, 5.41) is 4.50. The number of hydrogen-bond donors (Lipinski definition) is 1. The molecule has 1 amide bonds. The van der Waals surface area contributed by atoms with Crippen LogP contribution in [0.15, 0.2) is 24.3 Å². The molecule has 1 saturated carbocycles. The predicted molar refractivity (Wildman–Crippen MR) is 89.9 cm³/mol. The van der Waals surface area contributed by atoms with Gasteiger partial charge in [-0.15, -0.1) is 0 Å². The van der Waals surface area contributed by atoms with Crippen molar-refractivity contribution < 1.29 is 4.79 Å². The standard InChI is InChI=1S/C18H25ClN2O/c1-12-11-21(18(22)15-3-4-15)10-9-17(12)20-13(2)14-5-7-16(19)8-6-14/h5-8,12-13,15,17,20H,3-4,9-11H2,1-2H3/t12-,13+,17-/m1/s1. The molecule has 120 valence electrons. The lowest BCUT2D eigenvalue weighted by molar-refractivity contribution is -0.134. The van der Waals surface area contributed by atoms with Crippen molar-refractivity contribution in [3.8, 4) is 0 Å². The van der Waals surface area contributed by atoms with Gasteiger partial charge in [0.1, 0.15) is 0 Å². The highest BCUT2D eigenvalue weighted by Crippen LogP contribution is 2.32. The molecule has 0 aromatic heterocycles. The second-order valence-electron chi connectivity index (χ2n) is 6.87. The van der Waals surface area contributed by atoms with Crippen molar-refractivity contribution in [1.82, 2.24) is 10.2 Å². The number of amides is 1. The van der Waals surface area contributed by atoms with Crippen LogP contribution in [0, 0.1) is 11.8 Å². The average molecular weight is 321 g/mol. The summed E-state index contributed by atoms with van der Waals surface area (Å²) < 4.78 is 0. The number of halogens is 1. The van der Waals surface area contributed by atoms with E-state index in [1.807, 2.05) is 12.1 Å². The molecule has 1 heterocycles. The molecule has 0 unspecified atom stereocenters. The number of carbonyl (C=O) groups excluding carboxylic acids is 1. The van der Waals surface area contributed by atoms with Crippen LogP contribution < -0.4 is 5.32 Å². The summed E-state index contributed by atoms with van der Waals surface area (Å²) >= 11 is 5.95. The van der Waals surface area contributed by atoms with Crippen LogP contribution in [-0.2, 0) is 4.79 Å². The molecule has 2 fully saturated rings. The van der Waals surface area contributed by atoms with Gasteiger partial charge >= 0.3 is 0 Å². The Morgan fingerprint density at radius 2 is 1.95 bits per heavy atom. The van der Waals surface area contributed by atoms with Crippen LogP contribution in [-0.4, -0.2) is 29.9 Å². The Balaban J connectivity index is 1.54. The molecule has 1 aromatic rings. The number of hydrogen-bond acceptors (Lipinski definition) is 2. The van der Waals surface area contributed by atoms with Crippen LogP contribution in [0.5, 0.6) is 0 Å². The van der Waals surface area contributed by atoms with E-state index >= 15 is 0 Å². The highest BCUT2D eigenvalue weighted by atomic mass is 35.5. The van der Waals surface area contributed by atoms with Gasteiger partial charge in [0.15, 0.2) is 0 Å². The summed E-state index contributed by atoms with van der Waals surface area (Å²) in [6.07, 6.45) is 3.23. The van der Waals surface area contributed by atoms with E-state index in [-0.39, 0.29) is 0 Å². The fourth-order valence-electron chi connectivity index (χ4n) is 3.35. The smallest absolute Gasteiger partial charge is 0.225 e. The van der Waals surface area contributed by atoms with E-state index in [1.54, 1.807) is 0 Å². The molecular weight excluding hydrogens is 296 g/mol. The first kappa shape index (κ1) is 15.8. The van der Waals surface area contributed by atoms with Gasteiger partial charge in [-0.2, -0.15) is 0 Å². The van der Waals surface area contributed by atoms with Crippen molar-refractivity contribution in [1.29, 1.82) is 0 Å². The quantitative estimate of drug-likeness (QED) is 0.918. The molecule has 3 nitrogen and oxygen atoms in total. The third-order valence-corrected chi connectivity index (χ3v) is 5.23. The Kier molecular flexibility index (Phi) is 4.74. The number of nitrogens with one attached hydrogen (secondary N) is 1. The fourth-order valence-corrected chi connectivity index (χ4v) is 3.48. The van der Waals surface area contributed by atoms with Gasteiger partial charge in [0.05, 0.1) is 0 Å². The minimum absolute atomic E-state index is 0.301. The lowest BCUT2D eigenvalue weighted by Gasteiger charge is -2.39. The molecule has 1 aliphatic heterocycles. The van der Waals surface area contributed by atoms with Crippen molar-refractivity contribution in [3.63, 3.8) is 0 Å². The zero-order valence-electron chi connectivity index (χ0n) is 13.4. The highest BCUT2D eigenvalue weighted by Gasteiger charge is 2.37. The Hall–Kier alpha value is -1.06. The van der Waals surface area contributed by atoms with Crippen LogP contribution in [0.4, 0.5) is 0 Å². The SMILES string of the molecule is C[C@H](N[C@@H]1CCN(C(=O)C2CC2)C[C@H]1C)c1ccc(Cl)cc1. The van der Waals surface area contributed by atoms with Crippen molar-refractivity contribution in [2.45, 2.75) is 45.2 Å². The van der Waals surface area contributed by atoms with E-state index in [1.165, 1.54) is 5.56 Å². The van der Waals surface area contributed by atoms with Gasteiger partial charge in [-0.25, -0.2) is 0 Å². The van der Waals surface area contributed by atoms with Gasteiger partial charge in [-0.05, 0) is 49.8 Å². The van der Waals surface area contributed by atoms with Crippen molar-refractivity contribution >= 4 is 17.5 Å². The number of nitrogens with zero attached hydrogens (tertiary/aromatic N) is 1. The molecule has 1 saturated heterocycles. The Morgan fingerprint density at radius 1 is 1.27 bits per heavy atom. The molecule has 4 heteroatoms. The van der Waals surface area contributed by atoms with Crippen LogP contribution in [0.25, 0.3) is 0 Å². The normalized spacial score (nSPS) is 26.8. The van der Waals surface area contributed by atoms with Gasteiger partial charge in [0.2, 0.25) is 5.91 Å². The van der Waals surface area contributed by atoms with Crippen molar-refractivity contribution in [2.75, 3.05) is 13.1 Å². The minimum Gasteiger partial charge on any atom is -0.342 e. The summed E-state index contributed by atoms with van der Waals surface area (Å²) in [6, 6.07) is 8.81. The molecule has 2 aliphatic rings. The first-order valence-corrected chi connectivity index (χ1v) is 8.72. The molecular formula is C18H25ClN2O. The Labute approximate surface area is 138 Å². The summed E-state index contributed by atoms with van der Waals surface area (Å²) in [5.41, 5.74) is 1.26. The largest absolute Gasteiger partial charge is 0.342 e. The molecule has 22 heavy (non-hydrogen) atoms. The minimum atomic E-state index is 0.301. The summed E-state index contributed by atoms with van der Waals surface area (Å²) in [4.78, 5) is 14.3. The van der Waals surface area contributed by atoms with Crippen molar-refractivity contribution in [3.05, 3.63) is 34.9 Å². The fraction of sp³-hybridized carbons (Fsp3) is 0.611. The monoisotopic (exact) mass is 320 g/mol. The zero-order chi connectivity index (χ0) is 15.7. The van der Waals surface area contributed by atoms with E-state index in [2.05, 4.69) is 36.2 Å². The molecule has 0 bridgehead atoms. The Morgan fingerprint density at radius 3 is 2.55 bits per heavy atom. The topological polar surface area (TPSA) is 32.3 Å². The summed E-state index contributed by atoms with van der Waals surface area (Å²) in [5.74, 6) is 1.21. The number of benzene rings is 1. The number of rotatable bonds is 4. The van der Waals surface area contributed by atoms with Crippen molar-refractivity contribution in [2.24, 2.45) is 11.8 Å². The first-order chi connectivity index (χ1) is 10.5. The summed E-state index contributed by atoms with van der Waals surface area (Å²) in [7, 11) is 0. The van der Waals surface area contributed by atoms with E-state index in [0.717, 1.165) is 37.4 Å². The Bertz CT molecular complexity index is 526. The lowest BCUT2D eigenvalue weighted by Crippen LogP contribution is -2.50. The van der Waals surface area contributed by atoms with E-state index in [4.69, 9.17) is 11.6 Å². The third-order valence-electron chi connectivity index (χ3n) is 4.98. The number of likely N-dealkylation sites (tertiary alicyclic amines) is 1. The van der Waals surface area contributed by atoms with Crippen LogP contribution in [0.1, 0.15) is 44.7 Å². The molecule has 0 spiro atoms. The average Bonchev–Trinajstić information content (AvgIpc) is 3.34. The molecule has 3 atom stereocenters. The third kappa shape index (κ3) is 3.64. The molecule has 1 N–H and O–H groups in total. The maximum absolute atomic E-state index is 12.2. The van der Waals surface area contributed by atoms with Gasteiger partial charge in [0, 0.05) is 36.1 Å². The van der Waals surface area contributed by atoms with E-state index < -0.39 is 0 Å². The molecule has 3 rings (SSSR count). The predicted octanol–water partition coefficient (Wildman–Crippen LogP) is 3.64. The number of carbonyl (C=O) groups is 1. The summed E-state index contributed by atoms with van der Waals surface area (Å²) in [6.45, 7) is 6.22. The molecule has 1 aromatic carbocycles. The van der Waals surface area contributed by atoms with Gasteiger partial charge < -0.3 is 10.2 Å². The number of piperidine rings is 1. The van der Waals surface area contributed by atoms with Gasteiger partial charge in [-0.1, -0.05) is 30.7 Å². The van der Waals surface area contributed by atoms with Gasteiger partial charge in [-0.3, -0.25) is 4.79 Å². The van der Waals surface area contributed by atoms with E-state index in [0.29, 0.717) is 29.8 Å².